The molecule has 1 rings (SSSR count). The lowest BCUT2D eigenvalue weighted by molar-refractivity contribution is 0.146. The first-order valence-corrected chi connectivity index (χ1v) is 5.06. The Morgan fingerprint density at radius 3 is 2.80 bits per heavy atom. The fourth-order valence-corrected chi connectivity index (χ4v) is 1.94. The van der Waals surface area contributed by atoms with Crippen molar-refractivity contribution in [2.24, 2.45) is 0 Å². The van der Waals surface area contributed by atoms with Gasteiger partial charge in [0.2, 0.25) is 0 Å². The van der Waals surface area contributed by atoms with Crippen LogP contribution in [0, 0.1) is 14.9 Å². The van der Waals surface area contributed by atoms with Gasteiger partial charge in [-0.15, -0.1) is 0 Å². The van der Waals surface area contributed by atoms with Gasteiger partial charge in [0.25, 0.3) is 6.43 Å². The molecule has 1 heterocycles. The van der Waals surface area contributed by atoms with Crippen LogP contribution < -0.4 is 4.74 Å². The summed E-state index contributed by atoms with van der Waals surface area (Å²) >= 11 is 1.85. The number of aromatic nitrogens is 1. The van der Waals surface area contributed by atoms with Gasteiger partial charge in [0.15, 0.2) is 0 Å². The standard InChI is InChI=1S/C9H7F2IN2O/c1-15-8-5(9(10)11)4-14-6(2-3-13)7(8)12/h4,9H,2H2,1H3. The molecule has 0 spiro atoms. The lowest BCUT2D eigenvalue weighted by atomic mass is 10.2. The van der Waals surface area contributed by atoms with Crippen LogP contribution in [0.5, 0.6) is 5.75 Å². The van der Waals surface area contributed by atoms with Crippen molar-refractivity contribution in [3.8, 4) is 11.8 Å². The van der Waals surface area contributed by atoms with E-state index in [0.29, 0.717) is 9.26 Å². The molecule has 0 aromatic carbocycles. The summed E-state index contributed by atoms with van der Waals surface area (Å²) in [6.07, 6.45) is -1.49. The molecule has 0 aliphatic carbocycles. The summed E-state index contributed by atoms with van der Waals surface area (Å²) in [5, 5.41) is 8.50. The normalized spacial score (nSPS) is 10.1. The highest BCUT2D eigenvalue weighted by atomic mass is 127. The van der Waals surface area contributed by atoms with Gasteiger partial charge in [-0.05, 0) is 22.6 Å². The number of nitriles is 1. The SMILES string of the molecule is COc1c(C(F)F)cnc(CC#N)c1I. The molecule has 80 valence electrons. The van der Waals surface area contributed by atoms with Crippen molar-refractivity contribution in [1.29, 1.82) is 5.26 Å². The third-order valence-electron chi connectivity index (χ3n) is 1.76. The van der Waals surface area contributed by atoms with Gasteiger partial charge in [-0.25, -0.2) is 8.78 Å². The molecule has 0 saturated heterocycles. The van der Waals surface area contributed by atoms with E-state index in [1.807, 2.05) is 28.7 Å². The number of rotatable bonds is 3. The van der Waals surface area contributed by atoms with Crippen LogP contribution in [0.1, 0.15) is 17.7 Å². The summed E-state index contributed by atoms with van der Waals surface area (Å²) < 4.78 is 30.4. The zero-order chi connectivity index (χ0) is 11.4. The predicted octanol–water partition coefficient (Wildman–Crippen LogP) is 2.70. The quantitative estimate of drug-likeness (QED) is 0.803. The van der Waals surface area contributed by atoms with E-state index in [1.165, 1.54) is 7.11 Å². The van der Waals surface area contributed by atoms with Crippen molar-refractivity contribution in [2.45, 2.75) is 12.8 Å². The smallest absolute Gasteiger partial charge is 0.268 e. The number of ether oxygens (including phenoxy) is 1. The molecule has 0 amide bonds. The molecular formula is C9H7F2IN2O. The van der Waals surface area contributed by atoms with Crippen molar-refractivity contribution < 1.29 is 13.5 Å². The zero-order valence-electron chi connectivity index (χ0n) is 7.80. The third-order valence-corrected chi connectivity index (χ3v) is 2.87. The predicted molar refractivity (Wildman–Crippen MR) is 57.8 cm³/mol. The minimum Gasteiger partial charge on any atom is -0.495 e. The van der Waals surface area contributed by atoms with Gasteiger partial charge < -0.3 is 4.74 Å². The molecule has 0 bridgehead atoms. The van der Waals surface area contributed by atoms with Crippen LogP contribution in [0.15, 0.2) is 6.20 Å². The fourth-order valence-electron chi connectivity index (χ4n) is 1.08. The van der Waals surface area contributed by atoms with Crippen molar-refractivity contribution in [1.82, 2.24) is 4.98 Å². The van der Waals surface area contributed by atoms with E-state index in [1.54, 1.807) is 0 Å². The second-order valence-electron chi connectivity index (χ2n) is 2.64. The van der Waals surface area contributed by atoms with Crippen molar-refractivity contribution in [3.63, 3.8) is 0 Å². The van der Waals surface area contributed by atoms with Crippen molar-refractivity contribution in [2.75, 3.05) is 7.11 Å². The second kappa shape index (κ2) is 5.21. The molecule has 0 aliphatic rings. The molecule has 0 atom stereocenters. The molecule has 0 radical (unpaired) electrons. The van der Waals surface area contributed by atoms with Crippen LogP contribution in [-0.4, -0.2) is 12.1 Å². The summed E-state index contributed by atoms with van der Waals surface area (Å²) in [7, 11) is 1.32. The van der Waals surface area contributed by atoms with Gasteiger partial charge in [0.05, 0.1) is 34.4 Å². The molecule has 0 N–H and O–H groups in total. The number of alkyl halides is 2. The average Bonchev–Trinajstić information content (AvgIpc) is 2.20. The molecule has 15 heavy (non-hydrogen) atoms. The number of hydrogen-bond donors (Lipinski definition) is 0. The minimum absolute atomic E-state index is 0.0815. The Bertz CT molecular complexity index is 404. The summed E-state index contributed by atoms with van der Waals surface area (Å²) in [5.41, 5.74) is 0.211. The molecule has 0 saturated carbocycles. The van der Waals surface area contributed by atoms with Gasteiger partial charge in [0, 0.05) is 6.20 Å². The number of methoxy groups -OCH3 is 1. The van der Waals surface area contributed by atoms with Gasteiger partial charge >= 0.3 is 0 Å². The van der Waals surface area contributed by atoms with E-state index in [4.69, 9.17) is 10.00 Å². The van der Waals surface area contributed by atoms with E-state index in [9.17, 15) is 8.78 Å². The summed E-state index contributed by atoms with van der Waals surface area (Å²) in [6.45, 7) is 0. The highest BCUT2D eigenvalue weighted by Crippen LogP contribution is 2.33. The number of nitrogens with zero attached hydrogens (tertiary/aromatic N) is 2. The molecule has 0 fully saturated rings. The van der Waals surface area contributed by atoms with Crippen LogP contribution in [0.3, 0.4) is 0 Å². The Kier molecular flexibility index (Phi) is 4.20. The lowest BCUT2D eigenvalue weighted by Gasteiger charge is -2.11. The largest absolute Gasteiger partial charge is 0.495 e. The Morgan fingerprint density at radius 2 is 2.33 bits per heavy atom. The van der Waals surface area contributed by atoms with Crippen molar-refractivity contribution >= 4 is 22.6 Å². The Hall–Kier alpha value is -0.970. The molecule has 0 unspecified atom stereocenters. The Balaban J connectivity index is 3.27. The maximum atomic E-state index is 12.5. The Labute approximate surface area is 99.2 Å². The summed E-state index contributed by atoms with van der Waals surface area (Å²) in [5.74, 6) is 0.103. The van der Waals surface area contributed by atoms with E-state index < -0.39 is 6.43 Å². The van der Waals surface area contributed by atoms with Gasteiger partial charge in [-0.2, -0.15) is 5.26 Å². The first-order valence-electron chi connectivity index (χ1n) is 3.98. The second-order valence-corrected chi connectivity index (χ2v) is 3.72. The number of hydrogen-bond acceptors (Lipinski definition) is 3. The molecule has 0 aliphatic heterocycles. The maximum Gasteiger partial charge on any atom is 0.268 e. The van der Waals surface area contributed by atoms with Gasteiger partial charge in [0.1, 0.15) is 5.75 Å². The van der Waals surface area contributed by atoms with Crippen LogP contribution >= 0.6 is 22.6 Å². The van der Waals surface area contributed by atoms with E-state index in [0.717, 1.165) is 6.20 Å². The highest BCUT2D eigenvalue weighted by Gasteiger charge is 2.19. The van der Waals surface area contributed by atoms with Crippen molar-refractivity contribution in [3.05, 3.63) is 21.0 Å². The highest BCUT2D eigenvalue weighted by molar-refractivity contribution is 14.1. The van der Waals surface area contributed by atoms with Crippen LogP contribution in [0.25, 0.3) is 0 Å². The molecule has 6 heteroatoms. The third kappa shape index (κ3) is 2.53. The fraction of sp³-hybridized carbons (Fsp3) is 0.333. The molecule has 3 nitrogen and oxygen atoms in total. The number of halogens is 3. The van der Waals surface area contributed by atoms with E-state index in [-0.39, 0.29) is 17.7 Å². The minimum atomic E-state index is -2.63. The van der Waals surface area contributed by atoms with Crippen LogP contribution in [0.4, 0.5) is 8.78 Å². The summed E-state index contributed by atoms with van der Waals surface area (Å²) in [6, 6.07) is 1.91. The lowest BCUT2D eigenvalue weighted by Crippen LogP contribution is -2.01. The average molecular weight is 324 g/mol. The summed E-state index contributed by atoms with van der Waals surface area (Å²) in [4.78, 5) is 3.81. The van der Waals surface area contributed by atoms with Gasteiger partial charge in [-0.3, -0.25) is 4.98 Å². The molecular weight excluding hydrogens is 317 g/mol. The van der Waals surface area contributed by atoms with Crippen LogP contribution in [0.2, 0.25) is 0 Å². The topological polar surface area (TPSA) is 45.9 Å². The maximum absolute atomic E-state index is 12.5. The molecule has 1 aromatic rings. The zero-order valence-corrected chi connectivity index (χ0v) is 9.96. The first-order chi connectivity index (χ1) is 7.11. The Morgan fingerprint density at radius 1 is 1.67 bits per heavy atom. The van der Waals surface area contributed by atoms with E-state index >= 15 is 0 Å². The van der Waals surface area contributed by atoms with Crippen LogP contribution in [-0.2, 0) is 6.42 Å². The van der Waals surface area contributed by atoms with E-state index in [2.05, 4.69) is 4.98 Å². The number of pyridine rings is 1. The van der Waals surface area contributed by atoms with Gasteiger partial charge in [-0.1, -0.05) is 0 Å². The first kappa shape index (κ1) is 12.1. The monoisotopic (exact) mass is 324 g/mol. The molecule has 1 aromatic heterocycles.